The van der Waals surface area contributed by atoms with Gasteiger partial charge in [0.25, 0.3) is 0 Å². The third kappa shape index (κ3) is 2.44. The number of halogens is 1. The Bertz CT molecular complexity index is 537. The lowest BCUT2D eigenvalue weighted by Crippen LogP contribution is -2.05. The Hall–Kier alpha value is -2.30. The Kier molecular flexibility index (Phi) is 2.82. The van der Waals surface area contributed by atoms with Crippen molar-refractivity contribution in [2.24, 2.45) is 0 Å². The molecule has 2 aromatic rings. The minimum absolute atomic E-state index is 0.224. The Labute approximate surface area is 98.3 Å². The van der Waals surface area contributed by atoms with E-state index in [1.54, 1.807) is 18.2 Å². The molecule has 0 spiro atoms. The highest BCUT2D eigenvalue weighted by Crippen LogP contribution is 2.23. The van der Waals surface area contributed by atoms with Crippen molar-refractivity contribution in [3.05, 3.63) is 47.3 Å². The van der Waals surface area contributed by atoms with Crippen LogP contribution in [0.2, 0.25) is 0 Å². The fourth-order valence-corrected chi connectivity index (χ4v) is 1.62. The van der Waals surface area contributed by atoms with E-state index in [0.717, 1.165) is 11.1 Å². The first-order valence-corrected chi connectivity index (χ1v) is 5.11. The molecule has 0 saturated heterocycles. The van der Waals surface area contributed by atoms with Crippen molar-refractivity contribution in [2.75, 3.05) is 17.2 Å². The molecule has 5 heteroatoms. The van der Waals surface area contributed by atoms with Gasteiger partial charge in [-0.15, -0.1) is 0 Å². The number of nitrogens with two attached hydrogens (primary N) is 3. The second-order valence-corrected chi connectivity index (χ2v) is 3.81. The fraction of sp³-hybridized carbons (Fsp3) is 0.0833. The van der Waals surface area contributed by atoms with Crippen molar-refractivity contribution >= 4 is 17.3 Å². The summed E-state index contributed by atoms with van der Waals surface area (Å²) in [5.74, 6) is 0.284. The zero-order valence-corrected chi connectivity index (χ0v) is 9.15. The smallest absolute Gasteiger partial charge is 0.149 e. The highest BCUT2D eigenvalue weighted by atomic mass is 19.1. The topological polar surface area (TPSA) is 91.0 Å². The first kappa shape index (κ1) is 11.2. The van der Waals surface area contributed by atoms with Gasteiger partial charge in [-0.05, 0) is 35.7 Å². The molecule has 0 saturated carbocycles. The largest absolute Gasteiger partial charge is 0.396 e. The van der Waals surface area contributed by atoms with Crippen molar-refractivity contribution in [3.63, 3.8) is 0 Å². The lowest BCUT2D eigenvalue weighted by molar-refractivity contribution is 0.627. The maximum absolute atomic E-state index is 12.8. The molecule has 0 unspecified atom stereocenters. The summed E-state index contributed by atoms with van der Waals surface area (Å²) in [4.78, 5) is 3.86. The predicted octanol–water partition coefficient (Wildman–Crippen LogP) is 1.56. The first-order chi connectivity index (χ1) is 8.06. The molecular formula is C12H13FN4. The molecule has 1 aromatic carbocycles. The summed E-state index contributed by atoms with van der Waals surface area (Å²) in [6.07, 6.45) is 0.545. The van der Waals surface area contributed by atoms with Crippen molar-refractivity contribution in [1.82, 2.24) is 4.98 Å². The highest BCUT2D eigenvalue weighted by molar-refractivity contribution is 5.67. The molecule has 0 atom stereocenters. The van der Waals surface area contributed by atoms with E-state index in [2.05, 4.69) is 4.98 Å². The molecule has 0 fully saturated rings. The molecule has 2 rings (SSSR count). The Balaban J connectivity index is 2.32. The lowest BCUT2D eigenvalue weighted by atomic mass is 10.0. The number of anilines is 3. The Morgan fingerprint density at radius 1 is 1.06 bits per heavy atom. The number of hydrogen-bond donors (Lipinski definition) is 3. The number of aromatic nitrogens is 1. The van der Waals surface area contributed by atoms with Gasteiger partial charge in [0.15, 0.2) is 0 Å². The van der Waals surface area contributed by atoms with Crippen LogP contribution in [-0.2, 0) is 6.42 Å². The molecule has 0 bridgehead atoms. The normalized spacial score (nSPS) is 10.4. The van der Waals surface area contributed by atoms with Crippen LogP contribution in [0.15, 0.2) is 30.3 Å². The average molecular weight is 232 g/mol. The SMILES string of the molecule is Nc1cc(Cc2ccc(F)cc2)c(N)c(N)n1. The second kappa shape index (κ2) is 4.29. The van der Waals surface area contributed by atoms with Crippen LogP contribution in [0.25, 0.3) is 0 Å². The second-order valence-electron chi connectivity index (χ2n) is 3.81. The van der Waals surface area contributed by atoms with E-state index in [9.17, 15) is 4.39 Å². The summed E-state index contributed by atoms with van der Waals surface area (Å²) in [5, 5.41) is 0. The minimum Gasteiger partial charge on any atom is -0.396 e. The summed E-state index contributed by atoms with van der Waals surface area (Å²) in [5.41, 5.74) is 19.2. The number of pyridine rings is 1. The third-order valence-electron chi connectivity index (χ3n) is 2.50. The van der Waals surface area contributed by atoms with E-state index in [1.807, 2.05) is 0 Å². The molecule has 88 valence electrons. The van der Waals surface area contributed by atoms with E-state index >= 15 is 0 Å². The fourth-order valence-electron chi connectivity index (χ4n) is 1.62. The molecule has 0 aliphatic heterocycles. The number of benzene rings is 1. The summed E-state index contributed by atoms with van der Waals surface area (Å²) in [6.45, 7) is 0. The minimum atomic E-state index is -0.268. The number of nitrogen functional groups attached to an aromatic ring is 3. The van der Waals surface area contributed by atoms with Crippen molar-refractivity contribution in [2.45, 2.75) is 6.42 Å². The van der Waals surface area contributed by atoms with E-state index < -0.39 is 0 Å². The van der Waals surface area contributed by atoms with Gasteiger partial charge in [-0.3, -0.25) is 0 Å². The van der Waals surface area contributed by atoms with Gasteiger partial charge in [-0.1, -0.05) is 12.1 Å². The molecule has 0 amide bonds. The summed E-state index contributed by atoms with van der Waals surface area (Å²) < 4.78 is 12.8. The van der Waals surface area contributed by atoms with Crippen LogP contribution in [0.3, 0.4) is 0 Å². The zero-order valence-electron chi connectivity index (χ0n) is 9.15. The van der Waals surface area contributed by atoms with Gasteiger partial charge in [-0.2, -0.15) is 0 Å². The molecule has 4 nitrogen and oxygen atoms in total. The van der Waals surface area contributed by atoms with Gasteiger partial charge in [-0.25, -0.2) is 9.37 Å². The highest BCUT2D eigenvalue weighted by Gasteiger charge is 2.07. The van der Waals surface area contributed by atoms with Crippen LogP contribution in [0, 0.1) is 5.82 Å². The summed E-state index contributed by atoms with van der Waals surface area (Å²) in [6, 6.07) is 7.87. The van der Waals surface area contributed by atoms with Crippen molar-refractivity contribution < 1.29 is 4.39 Å². The molecule has 0 radical (unpaired) electrons. The maximum Gasteiger partial charge on any atom is 0.149 e. The van der Waals surface area contributed by atoms with Crippen LogP contribution in [-0.4, -0.2) is 4.98 Å². The summed E-state index contributed by atoms with van der Waals surface area (Å²) in [7, 11) is 0. The lowest BCUT2D eigenvalue weighted by Gasteiger charge is -2.09. The third-order valence-corrected chi connectivity index (χ3v) is 2.50. The molecule has 17 heavy (non-hydrogen) atoms. The Morgan fingerprint density at radius 3 is 2.35 bits per heavy atom. The van der Waals surface area contributed by atoms with Crippen molar-refractivity contribution in [1.29, 1.82) is 0 Å². The average Bonchev–Trinajstić information content (AvgIpc) is 2.28. The van der Waals surface area contributed by atoms with Gasteiger partial charge in [0.05, 0.1) is 5.69 Å². The standard InChI is InChI=1S/C12H13FN4/c13-9-3-1-7(2-4-9)5-8-6-10(14)17-12(16)11(8)15/h1-4,6H,5,15H2,(H4,14,16,17). The van der Waals surface area contributed by atoms with Crippen LogP contribution in [0.1, 0.15) is 11.1 Å². The maximum atomic E-state index is 12.8. The summed E-state index contributed by atoms with van der Waals surface area (Å²) >= 11 is 0. The Morgan fingerprint density at radius 2 is 1.71 bits per heavy atom. The van der Waals surface area contributed by atoms with E-state index in [0.29, 0.717) is 17.9 Å². The molecule has 1 aromatic heterocycles. The van der Waals surface area contributed by atoms with E-state index in [1.165, 1.54) is 12.1 Å². The van der Waals surface area contributed by atoms with Gasteiger partial charge in [0.2, 0.25) is 0 Å². The quantitative estimate of drug-likeness (QED) is 0.732. The van der Waals surface area contributed by atoms with Crippen molar-refractivity contribution in [3.8, 4) is 0 Å². The van der Waals surface area contributed by atoms with Gasteiger partial charge in [0.1, 0.15) is 17.5 Å². The molecular weight excluding hydrogens is 219 g/mol. The molecule has 0 aliphatic carbocycles. The first-order valence-electron chi connectivity index (χ1n) is 5.11. The number of nitrogens with zero attached hydrogens (tertiary/aromatic N) is 1. The van der Waals surface area contributed by atoms with Crippen LogP contribution in [0.5, 0.6) is 0 Å². The van der Waals surface area contributed by atoms with Gasteiger partial charge < -0.3 is 17.2 Å². The van der Waals surface area contributed by atoms with E-state index in [4.69, 9.17) is 17.2 Å². The van der Waals surface area contributed by atoms with Crippen LogP contribution >= 0.6 is 0 Å². The van der Waals surface area contributed by atoms with Gasteiger partial charge >= 0.3 is 0 Å². The van der Waals surface area contributed by atoms with Gasteiger partial charge in [0, 0.05) is 0 Å². The number of rotatable bonds is 2. The van der Waals surface area contributed by atoms with E-state index in [-0.39, 0.29) is 11.6 Å². The van der Waals surface area contributed by atoms with Crippen LogP contribution < -0.4 is 17.2 Å². The molecule has 6 N–H and O–H groups in total. The number of hydrogen-bond acceptors (Lipinski definition) is 4. The van der Waals surface area contributed by atoms with Crippen LogP contribution in [0.4, 0.5) is 21.7 Å². The zero-order chi connectivity index (χ0) is 12.4. The molecule has 0 aliphatic rings. The monoisotopic (exact) mass is 232 g/mol. The predicted molar refractivity (Wildman–Crippen MR) is 66.7 cm³/mol. The molecule has 1 heterocycles.